The average Bonchev–Trinajstić information content (AvgIpc) is 2.31. The van der Waals surface area contributed by atoms with Crippen molar-refractivity contribution in [3.63, 3.8) is 0 Å². The number of ether oxygens (including phenoxy) is 2. The van der Waals surface area contributed by atoms with E-state index in [1.165, 1.54) is 7.11 Å². The lowest BCUT2D eigenvalue weighted by Crippen LogP contribution is -2.20. The predicted molar refractivity (Wildman–Crippen MR) is 67.2 cm³/mol. The average molecular weight is 303 g/mol. The third-order valence-corrected chi connectivity index (χ3v) is 2.81. The Morgan fingerprint density at radius 2 is 2.24 bits per heavy atom. The van der Waals surface area contributed by atoms with Gasteiger partial charge in [0.25, 0.3) is 0 Å². The van der Waals surface area contributed by atoms with Crippen LogP contribution in [-0.4, -0.2) is 31.4 Å². The standard InChI is InChI=1S/C12H15BrO4/c1-3-17-12(15)10(7-14)9-6-8(13)4-5-11(9)16-2/h4-6,10,14H,3,7H2,1-2H3/t10-/m0/s1. The maximum Gasteiger partial charge on any atom is 0.315 e. The Morgan fingerprint density at radius 1 is 1.53 bits per heavy atom. The second-order valence-electron chi connectivity index (χ2n) is 3.37. The first-order valence-corrected chi connectivity index (χ1v) is 6.04. The van der Waals surface area contributed by atoms with Crippen molar-refractivity contribution in [2.45, 2.75) is 12.8 Å². The summed E-state index contributed by atoms with van der Waals surface area (Å²) in [5.41, 5.74) is 0.614. The lowest BCUT2D eigenvalue weighted by atomic mass is 9.99. The van der Waals surface area contributed by atoms with Gasteiger partial charge in [-0.15, -0.1) is 0 Å². The van der Waals surface area contributed by atoms with Crippen molar-refractivity contribution in [3.8, 4) is 5.75 Å². The van der Waals surface area contributed by atoms with Crippen molar-refractivity contribution in [1.29, 1.82) is 0 Å². The zero-order chi connectivity index (χ0) is 12.8. The molecule has 0 aliphatic heterocycles. The first kappa shape index (κ1) is 14.0. The number of halogens is 1. The SMILES string of the molecule is CCOC(=O)[C@@H](CO)c1cc(Br)ccc1OC. The minimum Gasteiger partial charge on any atom is -0.496 e. The number of aliphatic hydroxyl groups is 1. The number of rotatable bonds is 5. The van der Waals surface area contributed by atoms with Crippen LogP contribution in [0.2, 0.25) is 0 Å². The van der Waals surface area contributed by atoms with Crippen LogP contribution >= 0.6 is 15.9 Å². The first-order valence-electron chi connectivity index (χ1n) is 5.25. The van der Waals surface area contributed by atoms with Crippen LogP contribution in [0, 0.1) is 0 Å². The van der Waals surface area contributed by atoms with Crippen molar-refractivity contribution in [2.24, 2.45) is 0 Å². The summed E-state index contributed by atoms with van der Waals surface area (Å²) in [4.78, 5) is 11.7. The first-order chi connectivity index (χ1) is 8.13. The molecule has 0 amide bonds. The molecule has 1 rings (SSSR count). The second-order valence-corrected chi connectivity index (χ2v) is 4.29. The van der Waals surface area contributed by atoms with Gasteiger partial charge in [-0.3, -0.25) is 4.79 Å². The van der Waals surface area contributed by atoms with Crippen LogP contribution < -0.4 is 4.74 Å². The van der Waals surface area contributed by atoms with Crippen molar-refractivity contribution < 1.29 is 19.4 Å². The molecule has 1 atom stereocenters. The van der Waals surface area contributed by atoms with Crippen molar-refractivity contribution in [1.82, 2.24) is 0 Å². The number of hydrogen-bond donors (Lipinski definition) is 1. The van der Waals surface area contributed by atoms with Crippen LogP contribution in [0.15, 0.2) is 22.7 Å². The molecule has 0 aliphatic rings. The van der Waals surface area contributed by atoms with Gasteiger partial charge in [-0.05, 0) is 25.1 Å². The van der Waals surface area contributed by atoms with Gasteiger partial charge in [0.05, 0.1) is 20.3 Å². The summed E-state index contributed by atoms with van der Waals surface area (Å²) in [5, 5.41) is 9.32. The molecule has 0 saturated heterocycles. The highest BCUT2D eigenvalue weighted by Gasteiger charge is 2.24. The molecule has 1 N–H and O–H groups in total. The van der Waals surface area contributed by atoms with Gasteiger partial charge in [0.2, 0.25) is 0 Å². The van der Waals surface area contributed by atoms with E-state index in [1.807, 2.05) is 6.07 Å². The molecule has 0 aliphatic carbocycles. The molecule has 0 heterocycles. The molecule has 5 heteroatoms. The van der Waals surface area contributed by atoms with E-state index < -0.39 is 11.9 Å². The monoisotopic (exact) mass is 302 g/mol. The van der Waals surface area contributed by atoms with Crippen molar-refractivity contribution in [3.05, 3.63) is 28.2 Å². The fourth-order valence-corrected chi connectivity index (χ4v) is 1.90. The number of carbonyl (C=O) groups is 1. The van der Waals surface area contributed by atoms with E-state index in [0.717, 1.165) is 4.47 Å². The molecular weight excluding hydrogens is 288 g/mol. The third kappa shape index (κ3) is 3.44. The number of aliphatic hydroxyl groups excluding tert-OH is 1. The Morgan fingerprint density at radius 3 is 2.76 bits per heavy atom. The molecule has 0 unspecified atom stereocenters. The number of methoxy groups -OCH3 is 1. The molecule has 0 fully saturated rings. The van der Waals surface area contributed by atoms with Gasteiger partial charge in [-0.25, -0.2) is 0 Å². The maximum atomic E-state index is 11.7. The van der Waals surface area contributed by atoms with Crippen LogP contribution in [-0.2, 0) is 9.53 Å². The van der Waals surface area contributed by atoms with Gasteiger partial charge in [-0.1, -0.05) is 15.9 Å². The zero-order valence-electron chi connectivity index (χ0n) is 9.77. The maximum absolute atomic E-state index is 11.7. The minimum atomic E-state index is -0.720. The van der Waals surface area contributed by atoms with Crippen LogP contribution in [0.4, 0.5) is 0 Å². The topological polar surface area (TPSA) is 55.8 Å². The Balaban J connectivity index is 3.09. The van der Waals surface area contributed by atoms with Gasteiger partial charge in [0.15, 0.2) is 0 Å². The van der Waals surface area contributed by atoms with E-state index in [2.05, 4.69) is 15.9 Å². The van der Waals surface area contributed by atoms with Crippen molar-refractivity contribution >= 4 is 21.9 Å². The van der Waals surface area contributed by atoms with E-state index in [1.54, 1.807) is 19.1 Å². The molecule has 0 aromatic heterocycles. The van der Waals surface area contributed by atoms with Gasteiger partial charge in [0, 0.05) is 10.0 Å². The summed E-state index contributed by atoms with van der Waals surface area (Å²) in [6.07, 6.45) is 0. The molecule has 94 valence electrons. The van der Waals surface area contributed by atoms with E-state index in [4.69, 9.17) is 9.47 Å². The molecule has 0 bridgehead atoms. The number of carbonyl (C=O) groups excluding carboxylic acids is 1. The van der Waals surface area contributed by atoms with Gasteiger partial charge >= 0.3 is 5.97 Å². The molecule has 1 aromatic rings. The highest BCUT2D eigenvalue weighted by atomic mass is 79.9. The molecule has 0 saturated carbocycles. The van der Waals surface area contributed by atoms with Crippen LogP contribution in [0.5, 0.6) is 5.75 Å². The lowest BCUT2D eigenvalue weighted by Gasteiger charge is -2.16. The summed E-state index contributed by atoms with van der Waals surface area (Å²) in [5.74, 6) is -0.617. The van der Waals surface area contributed by atoms with Gasteiger partial charge in [-0.2, -0.15) is 0 Å². The van der Waals surface area contributed by atoms with Crippen molar-refractivity contribution in [2.75, 3.05) is 20.3 Å². The Kier molecular flexibility index (Phi) is 5.44. The minimum absolute atomic E-state index is 0.283. The van der Waals surface area contributed by atoms with E-state index >= 15 is 0 Å². The summed E-state index contributed by atoms with van der Waals surface area (Å²) in [7, 11) is 1.52. The summed E-state index contributed by atoms with van der Waals surface area (Å²) < 4.78 is 10.9. The zero-order valence-corrected chi connectivity index (χ0v) is 11.4. The highest BCUT2D eigenvalue weighted by molar-refractivity contribution is 9.10. The molecule has 1 aromatic carbocycles. The van der Waals surface area contributed by atoms with Crippen LogP contribution in [0.25, 0.3) is 0 Å². The summed E-state index contributed by atoms with van der Waals surface area (Å²) in [6.45, 7) is 1.70. The number of benzene rings is 1. The molecule has 4 nitrogen and oxygen atoms in total. The fourth-order valence-electron chi connectivity index (χ4n) is 1.52. The van der Waals surface area contributed by atoms with E-state index in [-0.39, 0.29) is 13.2 Å². The predicted octanol–water partition coefficient (Wildman–Crippen LogP) is 2.10. The normalized spacial score (nSPS) is 12.0. The van der Waals surface area contributed by atoms with Crippen LogP contribution in [0.1, 0.15) is 18.4 Å². The number of hydrogen-bond acceptors (Lipinski definition) is 4. The summed E-state index contributed by atoms with van der Waals surface area (Å²) in [6, 6.07) is 5.29. The highest BCUT2D eigenvalue weighted by Crippen LogP contribution is 2.30. The Labute approximate surface area is 109 Å². The third-order valence-electron chi connectivity index (χ3n) is 2.32. The lowest BCUT2D eigenvalue weighted by molar-refractivity contribution is -0.146. The molecular formula is C12H15BrO4. The van der Waals surface area contributed by atoms with Crippen LogP contribution in [0.3, 0.4) is 0 Å². The second kappa shape index (κ2) is 6.61. The largest absolute Gasteiger partial charge is 0.496 e. The van der Waals surface area contributed by atoms with E-state index in [9.17, 15) is 9.90 Å². The van der Waals surface area contributed by atoms with Gasteiger partial charge < -0.3 is 14.6 Å². The Hall–Kier alpha value is -1.07. The molecule has 0 radical (unpaired) electrons. The number of esters is 1. The summed E-state index contributed by atoms with van der Waals surface area (Å²) >= 11 is 3.32. The smallest absolute Gasteiger partial charge is 0.315 e. The quantitative estimate of drug-likeness (QED) is 0.846. The Bertz CT molecular complexity index is 392. The van der Waals surface area contributed by atoms with E-state index in [0.29, 0.717) is 11.3 Å². The molecule has 17 heavy (non-hydrogen) atoms. The molecule has 0 spiro atoms. The fraction of sp³-hybridized carbons (Fsp3) is 0.417. The van der Waals surface area contributed by atoms with Gasteiger partial charge in [0.1, 0.15) is 11.7 Å².